The van der Waals surface area contributed by atoms with Crippen LogP contribution in [0.3, 0.4) is 0 Å². The van der Waals surface area contributed by atoms with Crippen molar-refractivity contribution in [3.05, 3.63) is 52.5 Å². The van der Waals surface area contributed by atoms with E-state index in [1.54, 1.807) is 6.92 Å². The van der Waals surface area contributed by atoms with Crippen LogP contribution in [0.5, 0.6) is 0 Å². The molecule has 2 amide bonds. The zero-order valence-electron chi connectivity index (χ0n) is 16.1. The van der Waals surface area contributed by atoms with Gasteiger partial charge in [0.1, 0.15) is 0 Å². The quantitative estimate of drug-likeness (QED) is 0.682. The van der Waals surface area contributed by atoms with E-state index in [1.807, 2.05) is 46.0 Å². The minimum Gasteiger partial charge on any atom is -0.339 e. The second kappa shape index (κ2) is 8.57. The molecular formula is C21H22N4O3S. The van der Waals surface area contributed by atoms with Crippen LogP contribution in [0.1, 0.15) is 48.4 Å². The van der Waals surface area contributed by atoms with E-state index in [0.29, 0.717) is 30.4 Å². The molecular weight excluding hydrogens is 388 g/mol. The number of thiophene rings is 1. The lowest BCUT2D eigenvalue weighted by molar-refractivity contribution is -0.115. The number of carbonyl (C=O) groups is 2. The van der Waals surface area contributed by atoms with Gasteiger partial charge in [0.25, 0.3) is 5.91 Å². The van der Waals surface area contributed by atoms with Crippen LogP contribution in [-0.2, 0) is 4.79 Å². The van der Waals surface area contributed by atoms with Crippen LogP contribution in [0, 0.1) is 0 Å². The van der Waals surface area contributed by atoms with Crippen molar-refractivity contribution in [2.45, 2.75) is 32.1 Å². The third kappa shape index (κ3) is 4.37. The van der Waals surface area contributed by atoms with E-state index in [-0.39, 0.29) is 17.7 Å². The number of aromatic nitrogens is 2. The molecule has 1 N–H and O–H groups in total. The molecule has 4 rings (SSSR count). The normalized spacial score (nSPS) is 16.6. The Labute approximate surface area is 172 Å². The van der Waals surface area contributed by atoms with Crippen LogP contribution in [0.2, 0.25) is 0 Å². The molecule has 0 saturated carbocycles. The summed E-state index contributed by atoms with van der Waals surface area (Å²) in [6.07, 6.45) is 2.22. The van der Waals surface area contributed by atoms with Crippen LogP contribution < -0.4 is 5.32 Å². The van der Waals surface area contributed by atoms with Crippen LogP contribution in [-0.4, -0.2) is 39.9 Å². The Hall–Kier alpha value is -3.00. The zero-order valence-corrected chi connectivity index (χ0v) is 16.9. The van der Waals surface area contributed by atoms with Gasteiger partial charge in [-0.25, -0.2) is 0 Å². The number of carbonyl (C=O) groups excluding carboxylic acids is 2. The first kappa shape index (κ1) is 19.3. The first-order valence-electron chi connectivity index (χ1n) is 9.69. The minimum atomic E-state index is -0.0477. The summed E-state index contributed by atoms with van der Waals surface area (Å²) in [5.41, 5.74) is 2.20. The van der Waals surface area contributed by atoms with Gasteiger partial charge in [0.15, 0.2) is 0 Å². The number of nitrogens with one attached hydrogen (secondary N) is 1. The van der Waals surface area contributed by atoms with Crippen molar-refractivity contribution in [2.75, 3.05) is 18.4 Å². The van der Waals surface area contributed by atoms with Gasteiger partial charge in [-0.1, -0.05) is 24.2 Å². The topological polar surface area (TPSA) is 88.3 Å². The summed E-state index contributed by atoms with van der Waals surface area (Å²) in [5.74, 6) is 1.05. The molecule has 7 nitrogen and oxygen atoms in total. The van der Waals surface area contributed by atoms with Crippen LogP contribution in [0.15, 0.2) is 45.6 Å². The highest BCUT2D eigenvalue weighted by Crippen LogP contribution is 2.29. The van der Waals surface area contributed by atoms with Crippen molar-refractivity contribution in [1.82, 2.24) is 15.0 Å². The largest absolute Gasteiger partial charge is 0.339 e. The van der Waals surface area contributed by atoms with Gasteiger partial charge in [0, 0.05) is 36.1 Å². The fraction of sp³-hybridized carbons (Fsp3) is 0.333. The van der Waals surface area contributed by atoms with Crippen LogP contribution in [0.25, 0.3) is 11.4 Å². The van der Waals surface area contributed by atoms with Gasteiger partial charge in [0.05, 0.1) is 11.5 Å². The fourth-order valence-electron chi connectivity index (χ4n) is 3.44. The Morgan fingerprint density at radius 3 is 3.03 bits per heavy atom. The molecule has 29 heavy (non-hydrogen) atoms. The molecule has 0 spiro atoms. The zero-order chi connectivity index (χ0) is 20.2. The molecule has 1 fully saturated rings. The molecule has 3 aromatic rings. The van der Waals surface area contributed by atoms with Crippen molar-refractivity contribution >= 4 is 28.8 Å². The first-order chi connectivity index (χ1) is 14.1. The SMILES string of the molecule is CCC(=O)Nc1cccc(-c2noc(C3CCCN(C(=O)c4ccsc4)C3)n2)c1. The molecule has 1 unspecified atom stereocenters. The second-order valence-electron chi connectivity index (χ2n) is 7.04. The van der Waals surface area contributed by atoms with Crippen molar-refractivity contribution in [3.8, 4) is 11.4 Å². The maximum Gasteiger partial charge on any atom is 0.254 e. The van der Waals surface area contributed by atoms with E-state index >= 15 is 0 Å². The summed E-state index contributed by atoms with van der Waals surface area (Å²) in [6, 6.07) is 9.23. The van der Waals surface area contributed by atoms with E-state index in [2.05, 4.69) is 15.5 Å². The Morgan fingerprint density at radius 2 is 2.24 bits per heavy atom. The molecule has 1 saturated heterocycles. The maximum absolute atomic E-state index is 12.6. The number of benzene rings is 1. The van der Waals surface area contributed by atoms with Crippen molar-refractivity contribution < 1.29 is 14.1 Å². The number of rotatable bonds is 5. The Morgan fingerprint density at radius 1 is 1.34 bits per heavy atom. The lowest BCUT2D eigenvalue weighted by atomic mass is 9.97. The summed E-state index contributed by atoms with van der Waals surface area (Å²) >= 11 is 1.52. The van der Waals surface area contributed by atoms with E-state index in [0.717, 1.165) is 30.5 Å². The third-order valence-electron chi connectivity index (χ3n) is 4.99. The summed E-state index contributed by atoms with van der Waals surface area (Å²) in [4.78, 5) is 30.7. The van der Waals surface area contributed by atoms with Crippen molar-refractivity contribution in [2.24, 2.45) is 0 Å². The van der Waals surface area contributed by atoms with E-state index in [4.69, 9.17) is 4.52 Å². The number of amides is 2. The Kier molecular flexibility index (Phi) is 5.71. The van der Waals surface area contributed by atoms with Gasteiger partial charge in [0.2, 0.25) is 17.6 Å². The smallest absolute Gasteiger partial charge is 0.254 e. The number of nitrogens with zero attached hydrogens (tertiary/aromatic N) is 3. The van der Waals surface area contributed by atoms with Crippen LogP contribution in [0.4, 0.5) is 5.69 Å². The lowest BCUT2D eigenvalue weighted by Gasteiger charge is -2.30. The monoisotopic (exact) mass is 410 g/mol. The standard InChI is InChI=1S/C21H22N4O3S/c1-2-18(26)22-17-7-3-5-14(11-17)19-23-20(28-24-19)15-6-4-9-25(12-15)21(27)16-8-10-29-13-16/h3,5,7-8,10-11,13,15H,2,4,6,9,12H2,1H3,(H,22,26). The minimum absolute atomic E-state index is 0.0237. The van der Waals surface area contributed by atoms with Crippen molar-refractivity contribution in [3.63, 3.8) is 0 Å². The number of piperidine rings is 1. The Bertz CT molecular complexity index is 999. The number of likely N-dealkylation sites (tertiary alicyclic amines) is 1. The van der Waals surface area contributed by atoms with Gasteiger partial charge in [-0.15, -0.1) is 0 Å². The first-order valence-corrected chi connectivity index (χ1v) is 10.6. The molecule has 0 aliphatic carbocycles. The summed E-state index contributed by atoms with van der Waals surface area (Å²) in [6.45, 7) is 3.12. The fourth-order valence-corrected chi connectivity index (χ4v) is 4.07. The molecule has 150 valence electrons. The van der Waals surface area contributed by atoms with Gasteiger partial charge in [-0.3, -0.25) is 9.59 Å². The van der Waals surface area contributed by atoms with Crippen LogP contribution >= 0.6 is 11.3 Å². The van der Waals surface area contributed by atoms with Crippen molar-refractivity contribution in [1.29, 1.82) is 0 Å². The molecule has 1 aliphatic heterocycles. The molecule has 3 heterocycles. The molecule has 1 atom stereocenters. The molecule has 1 aliphatic rings. The summed E-state index contributed by atoms with van der Waals surface area (Å²) < 4.78 is 5.54. The number of hydrogen-bond donors (Lipinski definition) is 1. The van der Waals surface area contributed by atoms with Gasteiger partial charge >= 0.3 is 0 Å². The predicted molar refractivity (Wildman–Crippen MR) is 111 cm³/mol. The molecule has 2 aromatic heterocycles. The molecule has 1 aromatic carbocycles. The number of hydrogen-bond acceptors (Lipinski definition) is 6. The van der Waals surface area contributed by atoms with E-state index in [9.17, 15) is 9.59 Å². The average Bonchev–Trinajstić information content (AvgIpc) is 3.46. The molecule has 0 bridgehead atoms. The highest BCUT2D eigenvalue weighted by atomic mass is 32.1. The third-order valence-corrected chi connectivity index (χ3v) is 5.68. The van der Waals surface area contributed by atoms with Gasteiger partial charge < -0.3 is 14.7 Å². The molecule has 8 heteroatoms. The Balaban J connectivity index is 1.48. The van der Waals surface area contributed by atoms with Gasteiger partial charge in [-0.2, -0.15) is 16.3 Å². The van der Waals surface area contributed by atoms with Gasteiger partial charge in [-0.05, 0) is 36.4 Å². The summed E-state index contributed by atoms with van der Waals surface area (Å²) in [7, 11) is 0. The maximum atomic E-state index is 12.6. The highest BCUT2D eigenvalue weighted by Gasteiger charge is 2.29. The van der Waals surface area contributed by atoms with E-state index < -0.39 is 0 Å². The lowest BCUT2D eigenvalue weighted by Crippen LogP contribution is -2.39. The second-order valence-corrected chi connectivity index (χ2v) is 7.82. The van der Waals surface area contributed by atoms with E-state index in [1.165, 1.54) is 11.3 Å². The molecule has 0 radical (unpaired) electrons. The summed E-state index contributed by atoms with van der Waals surface area (Å²) in [5, 5.41) is 10.7. The highest BCUT2D eigenvalue weighted by molar-refractivity contribution is 7.08. The number of anilines is 1. The predicted octanol–water partition coefficient (Wildman–Crippen LogP) is 4.17. The average molecular weight is 410 g/mol.